The molecule has 166 valence electrons. The van der Waals surface area contributed by atoms with Gasteiger partial charge in [0.1, 0.15) is 0 Å². The second-order valence-electron chi connectivity index (χ2n) is 7.14. The van der Waals surface area contributed by atoms with Crippen LogP contribution in [0.2, 0.25) is 0 Å². The Balaban J connectivity index is 1.89. The summed E-state index contributed by atoms with van der Waals surface area (Å²) in [5, 5.41) is 5.38. The lowest BCUT2D eigenvalue weighted by Gasteiger charge is -2.13. The van der Waals surface area contributed by atoms with Crippen molar-refractivity contribution in [2.45, 2.75) is 56.6 Å². The van der Waals surface area contributed by atoms with Crippen LogP contribution >= 0.6 is 11.8 Å². The first-order valence-corrected chi connectivity index (χ1v) is 11.5. The van der Waals surface area contributed by atoms with Crippen LogP contribution < -0.4 is 10.6 Å². The largest absolute Gasteiger partial charge is 0.462 e. The molecular formula is C24H30N2O4S. The van der Waals surface area contributed by atoms with Gasteiger partial charge in [0.2, 0.25) is 11.8 Å². The number of hydrogen-bond donors (Lipinski definition) is 2. The lowest BCUT2D eigenvalue weighted by Crippen LogP contribution is -2.22. The molecule has 0 spiro atoms. The summed E-state index contributed by atoms with van der Waals surface area (Å²) in [6.45, 7) is 6.22. The van der Waals surface area contributed by atoms with Crippen LogP contribution in [0.4, 0.5) is 11.4 Å². The predicted octanol–water partition coefficient (Wildman–Crippen LogP) is 5.50. The summed E-state index contributed by atoms with van der Waals surface area (Å²) in [6.07, 6.45) is 3.07. The number of rotatable bonds is 11. The molecule has 0 aromatic heterocycles. The van der Waals surface area contributed by atoms with Crippen LogP contribution in [0.25, 0.3) is 0 Å². The molecule has 0 saturated carbocycles. The fourth-order valence-corrected chi connectivity index (χ4v) is 3.61. The van der Waals surface area contributed by atoms with Crippen molar-refractivity contribution in [1.82, 2.24) is 0 Å². The highest BCUT2D eigenvalue weighted by atomic mass is 32.2. The van der Waals surface area contributed by atoms with E-state index in [0.717, 1.165) is 29.8 Å². The molecule has 2 aromatic rings. The lowest BCUT2D eigenvalue weighted by molar-refractivity contribution is -0.116. The number of carbonyl (C=O) groups excluding carboxylic acids is 3. The van der Waals surface area contributed by atoms with Crippen LogP contribution in [-0.2, 0) is 14.3 Å². The van der Waals surface area contributed by atoms with E-state index in [9.17, 15) is 14.4 Å². The van der Waals surface area contributed by atoms with Crippen LogP contribution in [0.15, 0.2) is 53.4 Å². The molecule has 2 N–H and O–H groups in total. The average Bonchev–Trinajstić information content (AvgIpc) is 2.74. The number of nitrogens with one attached hydrogen (secondary N) is 2. The van der Waals surface area contributed by atoms with Crippen molar-refractivity contribution >= 4 is 40.9 Å². The maximum absolute atomic E-state index is 12.6. The third kappa shape index (κ3) is 8.45. The highest BCUT2D eigenvalue weighted by Crippen LogP contribution is 2.27. The van der Waals surface area contributed by atoms with E-state index in [0.29, 0.717) is 24.3 Å². The summed E-state index contributed by atoms with van der Waals surface area (Å²) < 4.78 is 5.19. The van der Waals surface area contributed by atoms with Crippen LogP contribution in [0.5, 0.6) is 0 Å². The quantitative estimate of drug-likeness (QED) is 0.273. The zero-order chi connectivity index (χ0) is 22.6. The van der Waals surface area contributed by atoms with Gasteiger partial charge in [0.25, 0.3) is 0 Å². The first kappa shape index (κ1) is 24.5. The summed E-state index contributed by atoms with van der Waals surface area (Å²) in [5.41, 5.74) is 1.79. The summed E-state index contributed by atoms with van der Waals surface area (Å²) >= 11 is 1.41. The Morgan fingerprint density at radius 2 is 1.71 bits per heavy atom. The summed E-state index contributed by atoms with van der Waals surface area (Å²) in [6, 6.07) is 14.1. The molecule has 2 aromatic carbocycles. The molecule has 0 saturated heterocycles. The van der Waals surface area contributed by atoms with Crippen LogP contribution in [0, 0.1) is 0 Å². The maximum atomic E-state index is 12.6. The van der Waals surface area contributed by atoms with Gasteiger partial charge in [0.15, 0.2) is 0 Å². The minimum Gasteiger partial charge on any atom is -0.462 e. The highest BCUT2D eigenvalue weighted by molar-refractivity contribution is 8.00. The SMILES string of the molecule is CCCCOC(=O)c1ccc(NC(=O)C(C)Sc2cccc(NC(=O)CCC)c2)cc1. The number of thioether (sulfide) groups is 1. The predicted molar refractivity (Wildman–Crippen MR) is 126 cm³/mol. The molecule has 31 heavy (non-hydrogen) atoms. The van der Waals surface area contributed by atoms with Crippen molar-refractivity contribution in [2.24, 2.45) is 0 Å². The highest BCUT2D eigenvalue weighted by Gasteiger charge is 2.15. The van der Waals surface area contributed by atoms with Crippen LogP contribution in [0.1, 0.15) is 56.8 Å². The van der Waals surface area contributed by atoms with Crippen LogP contribution in [-0.4, -0.2) is 29.6 Å². The molecular weight excluding hydrogens is 412 g/mol. The fourth-order valence-electron chi connectivity index (χ4n) is 2.68. The number of amides is 2. The lowest BCUT2D eigenvalue weighted by atomic mass is 10.2. The zero-order valence-corrected chi connectivity index (χ0v) is 19.1. The van der Waals surface area contributed by atoms with E-state index in [-0.39, 0.29) is 23.0 Å². The summed E-state index contributed by atoms with van der Waals surface area (Å²) in [7, 11) is 0. The zero-order valence-electron chi connectivity index (χ0n) is 18.3. The number of esters is 1. The first-order chi connectivity index (χ1) is 14.9. The van der Waals surface area contributed by atoms with E-state index in [4.69, 9.17) is 4.74 Å². The standard InChI is InChI=1S/C24H30N2O4S/c1-4-6-15-30-24(29)18-11-13-19(14-12-18)26-23(28)17(3)31-21-10-7-9-20(16-21)25-22(27)8-5-2/h7,9-14,16-17H,4-6,8,15H2,1-3H3,(H,25,27)(H,26,28). The van der Waals surface area contributed by atoms with Gasteiger partial charge < -0.3 is 15.4 Å². The molecule has 1 atom stereocenters. The van der Waals surface area contributed by atoms with E-state index in [2.05, 4.69) is 10.6 Å². The van der Waals surface area contributed by atoms with Gasteiger partial charge in [0.05, 0.1) is 17.4 Å². The molecule has 6 nitrogen and oxygen atoms in total. The minimum absolute atomic E-state index is 0.0202. The van der Waals surface area contributed by atoms with E-state index in [1.54, 1.807) is 24.3 Å². The van der Waals surface area contributed by atoms with E-state index >= 15 is 0 Å². The Morgan fingerprint density at radius 1 is 0.968 bits per heavy atom. The number of carbonyl (C=O) groups is 3. The van der Waals surface area contributed by atoms with Gasteiger partial charge in [-0.2, -0.15) is 0 Å². The fraction of sp³-hybridized carbons (Fsp3) is 0.375. The van der Waals surface area contributed by atoms with Crippen molar-refractivity contribution in [3.63, 3.8) is 0 Å². The van der Waals surface area contributed by atoms with Crippen LogP contribution in [0.3, 0.4) is 0 Å². The number of ether oxygens (including phenoxy) is 1. The van der Waals surface area contributed by atoms with Crippen molar-refractivity contribution < 1.29 is 19.1 Å². The van der Waals surface area contributed by atoms with E-state index in [1.165, 1.54) is 11.8 Å². The topological polar surface area (TPSA) is 84.5 Å². The molecule has 2 rings (SSSR count). The second kappa shape index (κ2) is 12.8. The molecule has 0 aliphatic carbocycles. The number of anilines is 2. The van der Waals surface area contributed by atoms with Gasteiger partial charge in [-0.25, -0.2) is 4.79 Å². The van der Waals surface area contributed by atoms with Crippen molar-refractivity contribution in [1.29, 1.82) is 0 Å². The molecule has 0 fully saturated rings. The van der Waals surface area contributed by atoms with Gasteiger partial charge in [0, 0.05) is 22.7 Å². The Morgan fingerprint density at radius 3 is 2.39 bits per heavy atom. The average molecular weight is 443 g/mol. The van der Waals surface area contributed by atoms with Gasteiger partial charge in [-0.3, -0.25) is 9.59 Å². The van der Waals surface area contributed by atoms with Crippen molar-refractivity contribution in [2.75, 3.05) is 17.2 Å². The number of unbranched alkanes of at least 4 members (excludes halogenated alkanes) is 1. The maximum Gasteiger partial charge on any atom is 0.338 e. The van der Waals surface area contributed by atoms with Gasteiger partial charge >= 0.3 is 5.97 Å². The molecule has 2 amide bonds. The van der Waals surface area contributed by atoms with E-state index < -0.39 is 0 Å². The normalized spacial score (nSPS) is 11.5. The molecule has 0 radical (unpaired) electrons. The molecule has 7 heteroatoms. The van der Waals surface area contributed by atoms with Gasteiger partial charge in [-0.15, -0.1) is 11.8 Å². The third-order valence-electron chi connectivity index (χ3n) is 4.40. The van der Waals surface area contributed by atoms with Crippen molar-refractivity contribution in [3.8, 4) is 0 Å². The Labute approximate surface area is 188 Å². The van der Waals surface area contributed by atoms with E-state index in [1.807, 2.05) is 45.0 Å². The van der Waals surface area contributed by atoms with Gasteiger partial charge in [-0.1, -0.05) is 26.3 Å². The molecule has 1 unspecified atom stereocenters. The summed E-state index contributed by atoms with van der Waals surface area (Å²) in [4.78, 5) is 37.2. The smallest absolute Gasteiger partial charge is 0.338 e. The number of benzene rings is 2. The Bertz CT molecular complexity index is 883. The van der Waals surface area contributed by atoms with Gasteiger partial charge in [-0.05, 0) is 62.2 Å². The number of hydrogen-bond acceptors (Lipinski definition) is 5. The second-order valence-corrected chi connectivity index (χ2v) is 8.56. The minimum atomic E-state index is -0.360. The Hall–Kier alpha value is -2.80. The molecule has 0 aliphatic heterocycles. The third-order valence-corrected chi connectivity index (χ3v) is 5.49. The molecule has 0 aliphatic rings. The first-order valence-electron chi connectivity index (χ1n) is 10.6. The summed E-state index contributed by atoms with van der Waals surface area (Å²) in [5.74, 6) is -0.530. The molecule has 0 heterocycles. The Kier molecular flexibility index (Phi) is 10.1. The van der Waals surface area contributed by atoms with Crippen molar-refractivity contribution in [3.05, 3.63) is 54.1 Å². The molecule has 0 bridgehead atoms. The monoisotopic (exact) mass is 442 g/mol.